The molecule has 1 aliphatic rings. The maximum absolute atomic E-state index is 3.20. The van der Waals surface area contributed by atoms with Gasteiger partial charge in [0.1, 0.15) is 7.28 Å². The number of rotatable bonds is 0. The molecule has 1 rings (SSSR count). The Hall–Kier alpha value is 0.0748. The Morgan fingerprint density at radius 2 is 1.40 bits per heavy atom. The van der Waals surface area contributed by atoms with Gasteiger partial charge in [-0.3, -0.25) is 0 Å². The largest absolute Gasteiger partial charge is 0.366 e. The van der Waals surface area contributed by atoms with Crippen LogP contribution in [-0.4, -0.2) is 47.9 Å². The van der Waals surface area contributed by atoms with E-state index < -0.39 is 0 Å². The standard InChI is InChI=1S/C4H11B3N3/c1-5-2-10-7-4-8-3-6-9-1/h8-10H,1-4H2. The Morgan fingerprint density at radius 1 is 0.800 bits per heavy atom. The average molecular weight is 134 g/mol. The predicted molar refractivity (Wildman–Crippen MR) is 46.1 cm³/mol. The maximum atomic E-state index is 3.20. The second kappa shape index (κ2) is 5.83. The lowest BCUT2D eigenvalue weighted by Crippen LogP contribution is -2.42. The molecule has 3 N–H and O–H groups in total. The third-order valence-electron chi connectivity index (χ3n) is 1.31. The van der Waals surface area contributed by atoms with Gasteiger partial charge in [0.25, 0.3) is 0 Å². The van der Waals surface area contributed by atoms with Crippen molar-refractivity contribution in [2.45, 2.75) is 0 Å². The number of hydrogen-bond acceptors (Lipinski definition) is 3. The molecular weight excluding hydrogens is 123 g/mol. The summed E-state index contributed by atoms with van der Waals surface area (Å²) in [5, 5.41) is 9.52. The normalized spacial score (nSPS) is 21.6. The third-order valence-corrected chi connectivity index (χ3v) is 1.31. The van der Waals surface area contributed by atoms with E-state index in [-0.39, 0.29) is 0 Å². The van der Waals surface area contributed by atoms with Crippen LogP contribution in [0.4, 0.5) is 0 Å². The second-order valence-corrected chi connectivity index (χ2v) is 2.17. The van der Waals surface area contributed by atoms with E-state index in [4.69, 9.17) is 0 Å². The summed E-state index contributed by atoms with van der Waals surface area (Å²) in [5.74, 6) is 0. The Bertz CT molecular complexity index is 48.9. The summed E-state index contributed by atoms with van der Waals surface area (Å²) in [6.45, 7) is 0. The number of hydrogen-bond donors (Lipinski definition) is 3. The van der Waals surface area contributed by atoms with Crippen molar-refractivity contribution in [3.05, 3.63) is 0 Å². The lowest BCUT2D eigenvalue weighted by Gasteiger charge is -2.08. The molecule has 1 saturated heterocycles. The molecule has 10 heavy (non-hydrogen) atoms. The molecule has 0 bridgehead atoms. The highest BCUT2D eigenvalue weighted by Gasteiger charge is 1.96. The Balaban J connectivity index is 2.00. The topological polar surface area (TPSA) is 36.1 Å². The minimum Gasteiger partial charge on any atom is -0.366 e. The smallest absolute Gasteiger partial charge is 0.220 e. The van der Waals surface area contributed by atoms with Gasteiger partial charge in [0.2, 0.25) is 14.8 Å². The minimum atomic E-state index is 0.923. The fraction of sp³-hybridized carbons (Fsp3) is 1.00. The first-order valence-electron chi connectivity index (χ1n) is 3.62. The van der Waals surface area contributed by atoms with E-state index >= 15 is 0 Å². The number of nitrogens with one attached hydrogen (secondary N) is 3. The van der Waals surface area contributed by atoms with E-state index in [9.17, 15) is 0 Å². The summed E-state index contributed by atoms with van der Waals surface area (Å²) >= 11 is 0. The van der Waals surface area contributed by atoms with Gasteiger partial charge in [-0.05, 0) is 25.8 Å². The molecule has 3 radical (unpaired) electrons. The molecule has 0 aromatic heterocycles. The van der Waals surface area contributed by atoms with Crippen LogP contribution >= 0.6 is 0 Å². The van der Waals surface area contributed by atoms with E-state index in [1.807, 2.05) is 14.8 Å². The Labute approximate surface area is 64.5 Å². The lowest BCUT2D eigenvalue weighted by molar-refractivity contribution is 0.887. The average Bonchev–Trinajstić information content (AvgIpc) is 2.01. The van der Waals surface area contributed by atoms with Crippen LogP contribution in [0.5, 0.6) is 0 Å². The van der Waals surface area contributed by atoms with Crippen molar-refractivity contribution in [3.8, 4) is 0 Å². The maximum Gasteiger partial charge on any atom is 0.220 e. The monoisotopic (exact) mass is 134 g/mol. The van der Waals surface area contributed by atoms with Gasteiger partial charge in [0.15, 0.2) is 0 Å². The fourth-order valence-corrected chi connectivity index (χ4v) is 0.778. The van der Waals surface area contributed by atoms with Crippen molar-refractivity contribution in [1.29, 1.82) is 0 Å². The quantitative estimate of drug-likeness (QED) is 0.321. The van der Waals surface area contributed by atoms with Crippen molar-refractivity contribution in [2.75, 3.05) is 25.8 Å². The van der Waals surface area contributed by atoms with E-state index in [2.05, 4.69) is 23.1 Å². The molecule has 0 atom stereocenters. The highest BCUT2D eigenvalue weighted by Crippen LogP contribution is 1.61. The van der Waals surface area contributed by atoms with Gasteiger partial charge in [-0.15, -0.1) is 0 Å². The summed E-state index contributed by atoms with van der Waals surface area (Å²) in [4.78, 5) is 0. The van der Waals surface area contributed by atoms with Crippen LogP contribution in [0.25, 0.3) is 0 Å². The van der Waals surface area contributed by atoms with Crippen LogP contribution in [0.15, 0.2) is 0 Å². The summed E-state index contributed by atoms with van der Waals surface area (Å²) in [6, 6.07) is 0. The van der Waals surface area contributed by atoms with Gasteiger partial charge in [-0.2, -0.15) is 0 Å². The summed E-state index contributed by atoms with van der Waals surface area (Å²) in [5.41, 5.74) is 0. The summed E-state index contributed by atoms with van der Waals surface area (Å²) < 4.78 is 0. The molecule has 3 nitrogen and oxygen atoms in total. The van der Waals surface area contributed by atoms with Gasteiger partial charge in [0, 0.05) is 0 Å². The highest BCUT2D eigenvalue weighted by molar-refractivity contribution is 6.43. The van der Waals surface area contributed by atoms with Gasteiger partial charge >= 0.3 is 0 Å². The first-order chi connectivity index (χ1) is 5.00. The van der Waals surface area contributed by atoms with E-state index in [0.717, 1.165) is 25.8 Å². The van der Waals surface area contributed by atoms with Crippen LogP contribution in [-0.2, 0) is 0 Å². The van der Waals surface area contributed by atoms with Crippen LogP contribution in [0.3, 0.4) is 0 Å². The molecule has 1 heterocycles. The van der Waals surface area contributed by atoms with Gasteiger partial charge in [-0.25, -0.2) is 0 Å². The van der Waals surface area contributed by atoms with Gasteiger partial charge < -0.3 is 15.8 Å². The molecular formula is C4H11B3N3. The summed E-state index contributed by atoms with van der Waals surface area (Å²) in [6.07, 6.45) is 3.74. The van der Waals surface area contributed by atoms with Crippen molar-refractivity contribution < 1.29 is 0 Å². The zero-order chi connectivity index (χ0) is 7.07. The third kappa shape index (κ3) is 3.98. The first-order valence-corrected chi connectivity index (χ1v) is 3.62. The van der Waals surface area contributed by atoms with Crippen LogP contribution in [0.2, 0.25) is 0 Å². The zero-order valence-electron chi connectivity index (χ0n) is 6.06. The van der Waals surface area contributed by atoms with Crippen molar-refractivity contribution in [3.63, 3.8) is 0 Å². The van der Waals surface area contributed by atoms with Crippen LogP contribution < -0.4 is 15.8 Å². The molecule has 0 aromatic rings. The fourth-order valence-electron chi connectivity index (χ4n) is 0.778. The molecule has 1 aliphatic heterocycles. The molecule has 51 valence electrons. The van der Waals surface area contributed by atoms with E-state index in [1.54, 1.807) is 0 Å². The molecule has 0 aliphatic carbocycles. The molecule has 0 spiro atoms. The van der Waals surface area contributed by atoms with Gasteiger partial charge in [-0.1, -0.05) is 0 Å². The second-order valence-electron chi connectivity index (χ2n) is 2.17. The molecule has 0 unspecified atom stereocenters. The predicted octanol–water partition coefficient (Wildman–Crippen LogP) is -2.46. The molecule has 6 heteroatoms. The molecule has 1 fully saturated rings. The van der Waals surface area contributed by atoms with Crippen LogP contribution in [0, 0.1) is 0 Å². The molecule has 0 saturated carbocycles. The van der Waals surface area contributed by atoms with E-state index in [0.29, 0.717) is 0 Å². The van der Waals surface area contributed by atoms with Gasteiger partial charge in [0.05, 0.1) is 0 Å². The van der Waals surface area contributed by atoms with Crippen molar-refractivity contribution >= 4 is 22.1 Å². The Morgan fingerprint density at radius 3 is 2.00 bits per heavy atom. The SMILES string of the molecule is [B]1CN[B]CNC[B]NC1. The lowest BCUT2D eigenvalue weighted by atomic mass is 9.73. The van der Waals surface area contributed by atoms with Crippen molar-refractivity contribution in [1.82, 2.24) is 15.8 Å². The van der Waals surface area contributed by atoms with Crippen LogP contribution in [0.1, 0.15) is 0 Å². The van der Waals surface area contributed by atoms with E-state index in [1.165, 1.54) is 0 Å². The highest BCUT2D eigenvalue weighted by atomic mass is 14.9. The van der Waals surface area contributed by atoms with Crippen molar-refractivity contribution in [2.24, 2.45) is 0 Å². The first kappa shape index (κ1) is 8.17. The Kier molecular flexibility index (Phi) is 4.77. The molecule has 0 amide bonds. The zero-order valence-corrected chi connectivity index (χ0v) is 6.06. The molecule has 0 aromatic carbocycles. The minimum absolute atomic E-state index is 0.923. The summed E-state index contributed by atoms with van der Waals surface area (Å²) in [7, 11) is 6.24.